The summed E-state index contributed by atoms with van der Waals surface area (Å²) in [6.07, 6.45) is 6.34. The second-order valence-corrected chi connectivity index (χ2v) is 11.7. The number of rotatable bonds is 4. The molecule has 1 aromatic carbocycles. The van der Waals surface area contributed by atoms with Crippen molar-refractivity contribution in [3.05, 3.63) is 60.2 Å². The van der Waals surface area contributed by atoms with Crippen molar-refractivity contribution < 1.29 is 33.8 Å². The van der Waals surface area contributed by atoms with E-state index in [1.165, 1.54) is 4.90 Å². The molecule has 5 rings (SSSR count). The summed E-state index contributed by atoms with van der Waals surface area (Å²) in [6, 6.07) is 6.67. The number of hydrogen-bond donors (Lipinski definition) is 2. The van der Waals surface area contributed by atoms with Gasteiger partial charge in [0.25, 0.3) is 0 Å². The van der Waals surface area contributed by atoms with Gasteiger partial charge in [0.1, 0.15) is 23.7 Å². The maximum atomic E-state index is 14.3. The first-order chi connectivity index (χ1) is 19.6. The van der Waals surface area contributed by atoms with E-state index in [1.54, 1.807) is 30.9 Å². The summed E-state index contributed by atoms with van der Waals surface area (Å²) in [4.78, 5) is 58.2. The number of esters is 1. The lowest BCUT2D eigenvalue weighted by Gasteiger charge is -2.39. The first-order valence-electron chi connectivity index (χ1n) is 14.4. The monoisotopic (exact) mass is 565 g/mol. The molecular formula is C31H39N3O7. The first-order valence-corrected chi connectivity index (χ1v) is 14.4. The lowest BCUT2D eigenvalue weighted by molar-refractivity contribution is -0.162. The van der Waals surface area contributed by atoms with E-state index in [0.717, 1.165) is 0 Å². The number of likely N-dealkylation sites (tertiary alicyclic amines) is 1. The van der Waals surface area contributed by atoms with Crippen LogP contribution in [0.4, 0.5) is 0 Å². The summed E-state index contributed by atoms with van der Waals surface area (Å²) in [7, 11) is 0. The molecule has 4 heterocycles. The molecule has 0 saturated carbocycles. The van der Waals surface area contributed by atoms with Crippen molar-refractivity contribution in [2.45, 2.75) is 82.5 Å². The van der Waals surface area contributed by atoms with Crippen LogP contribution in [0.5, 0.6) is 0 Å². The molecule has 2 fully saturated rings. The Morgan fingerprint density at radius 1 is 1.07 bits per heavy atom. The summed E-state index contributed by atoms with van der Waals surface area (Å²) in [5.41, 5.74) is -0.659. The van der Waals surface area contributed by atoms with Crippen LogP contribution >= 0.6 is 0 Å². The molecule has 4 aliphatic rings. The molecule has 5 bridgehead atoms. The zero-order valence-corrected chi connectivity index (χ0v) is 23.9. The Morgan fingerprint density at radius 3 is 2.49 bits per heavy atom. The fourth-order valence-electron chi connectivity index (χ4n) is 6.66. The van der Waals surface area contributed by atoms with Crippen LogP contribution in [0.15, 0.2) is 54.6 Å². The van der Waals surface area contributed by atoms with E-state index >= 15 is 0 Å². The molecule has 1 spiro atoms. The highest BCUT2D eigenvalue weighted by atomic mass is 16.6. The summed E-state index contributed by atoms with van der Waals surface area (Å²) in [6.45, 7) is 7.17. The molecule has 0 aliphatic carbocycles. The van der Waals surface area contributed by atoms with Crippen LogP contribution in [-0.4, -0.2) is 87.6 Å². The van der Waals surface area contributed by atoms with E-state index in [1.807, 2.05) is 56.3 Å². The minimum atomic E-state index is -1.36. The predicted octanol–water partition coefficient (Wildman–Crippen LogP) is 1.89. The van der Waals surface area contributed by atoms with Crippen LogP contribution < -0.4 is 5.32 Å². The number of hydrogen-bond acceptors (Lipinski definition) is 7. The number of carbonyl (C=O) groups excluding carboxylic acids is 4. The van der Waals surface area contributed by atoms with Crippen molar-refractivity contribution in [3.8, 4) is 0 Å². The molecule has 220 valence electrons. The highest BCUT2D eigenvalue weighted by Crippen LogP contribution is 2.56. The number of aliphatic hydroxyl groups excluding tert-OH is 1. The molecule has 10 heteroatoms. The number of nitrogens with zero attached hydrogens (tertiary/aromatic N) is 2. The van der Waals surface area contributed by atoms with Crippen LogP contribution in [0.3, 0.4) is 0 Å². The first kappa shape index (κ1) is 29.0. The van der Waals surface area contributed by atoms with Crippen molar-refractivity contribution in [2.24, 2.45) is 11.8 Å². The number of nitrogens with one attached hydrogen (secondary N) is 1. The van der Waals surface area contributed by atoms with Crippen molar-refractivity contribution in [3.63, 3.8) is 0 Å². The second-order valence-electron chi connectivity index (χ2n) is 11.7. The maximum Gasteiger partial charge on any atom is 0.313 e. The third-order valence-electron chi connectivity index (χ3n) is 8.68. The number of fused-ring (bicyclic) bond motifs is 2. The number of ether oxygens (including phenoxy) is 2. The van der Waals surface area contributed by atoms with Gasteiger partial charge in [0.15, 0.2) is 0 Å². The van der Waals surface area contributed by atoms with Gasteiger partial charge in [-0.25, -0.2) is 0 Å². The molecule has 2 N–H and O–H groups in total. The van der Waals surface area contributed by atoms with E-state index in [0.29, 0.717) is 12.0 Å². The quantitative estimate of drug-likeness (QED) is 0.422. The molecule has 0 aromatic heterocycles. The molecule has 0 unspecified atom stereocenters. The zero-order valence-electron chi connectivity index (χ0n) is 23.9. The lowest BCUT2D eigenvalue weighted by atomic mass is 9.74. The maximum absolute atomic E-state index is 14.3. The second kappa shape index (κ2) is 11.4. The van der Waals surface area contributed by atoms with E-state index in [9.17, 15) is 24.3 Å². The summed E-state index contributed by atoms with van der Waals surface area (Å²) in [5, 5.41) is 13.0. The van der Waals surface area contributed by atoms with E-state index in [2.05, 4.69) is 5.32 Å². The van der Waals surface area contributed by atoms with Gasteiger partial charge in [-0.2, -0.15) is 0 Å². The average Bonchev–Trinajstić information content (AvgIpc) is 3.59. The smallest absolute Gasteiger partial charge is 0.313 e. The normalized spacial score (nSPS) is 35.5. The minimum absolute atomic E-state index is 0.187. The molecule has 0 radical (unpaired) electrons. The summed E-state index contributed by atoms with van der Waals surface area (Å²) < 4.78 is 12.5. The molecule has 4 aliphatic heterocycles. The van der Waals surface area contributed by atoms with Crippen LogP contribution in [0.2, 0.25) is 0 Å². The SMILES string of the molecule is CC(C)N1C/C=C\CCC(=O)N[C@H](C)[C@@H](c2ccccc2)OC(=O)[C@@H]2[C@@H]3C=C[C@]4(O3)[C@H](C1=O)N([C@H](C)CO)C(=O)[C@@H]24. The van der Waals surface area contributed by atoms with Crippen molar-refractivity contribution in [2.75, 3.05) is 13.2 Å². The van der Waals surface area contributed by atoms with Crippen molar-refractivity contribution in [1.82, 2.24) is 15.1 Å². The Morgan fingerprint density at radius 2 is 1.80 bits per heavy atom. The van der Waals surface area contributed by atoms with Gasteiger partial charge in [-0.15, -0.1) is 0 Å². The number of carbonyl (C=O) groups is 4. The Kier molecular flexibility index (Phi) is 8.07. The van der Waals surface area contributed by atoms with Gasteiger partial charge in [-0.1, -0.05) is 54.6 Å². The fraction of sp³-hybridized carbons (Fsp3) is 0.548. The average molecular weight is 566 g/mol. The van der Waals surface area contributed by atoms with Crippen LogP contribution in [-0.2, 0) is 28.7 Å². The van der Waals surface area contributed by atoms with Gasteiger partial charge in [-0.05, 0) is 39.7 Å². The largest absolute Gasteiger partial charge is 0.455 e. The Labute approximate surface area is 240 Å². The third kappa shape index (κ3) is 4.97. The van der Waals surface area contributed by atoms with Gasteiger partial charge >= 0.3 is 5.97 Å². The zero-order chi connectivity index (χ0) is 29.5. The van der Waals surface area contributed by atoms with Gasteiger partial charge in [0, 0.05) is 19.0 Å². The molecule has 41 heavy (non-hydrogen) atoms. The number of aliphatic hydroxyl groups is 1. The van der Waals surface area contributed by atoms with E-state index in [4.69, 9.17) is 9.47 Å². The highest BCUT2D eigenvalue weighted by molar-refractivity contribution is 5.99. The molecular weight excluding hydrogens is 526 g/mol. The Hall–Kier alpha value is -3.50. The number of amides is 3. The number of cyclic esters (lactones) is 1. The van der Waals surface area contributed by atoms with E-state index < -0.39 is 59.6 Å². The number of benzene rings is 1. The standard InChI is InChI=1S/C31H39N3O7/c1-18(2)33-16-10-6-9-13-23(36)32-20(4)26(21-11-7-5-8-12-21)40-30(39)24-22-14-15-31(41-22)25(24)28(37)34(19(3)17-35)27(31)29(33)38/h5-8,10-12,14-15,18-20,22,24-27,35H,9,13,16-17H2,1-4H3,(H,32,36)/b10-6-/t19-,20-,22+,24-,25-,26+,27+,31-/m1/s1. The summed E-state index contributed by atoms with van der Waals surface area (Å²) in [5.74, 6) is -3.54. The molecule has 8 atom stereocenters. The van der Waals surface area contributed by atoms with E-state index in [-0.39, 0.29) is 37.4 Å². The van der Waals surface area contributed by atoms with Gasteiger partial charge < -0.3 is 29.7 Å². The highest BCUT2D eigenvalue weighted by Gasteiger charge is 2.74. The molecule has 3 amide bonds. The summed E-state index contributed by atoms with van der Waals surface area (Å²) >= 11 is 0. The molecule has 10 nitrogen and oxygen atoms in total. The van der Waals surface area contributed by atoms with Crippen LogP contribution in [0, 0.1) is 11.8 Å². The number of allylic oxidation sites excluding steroid dienone is 1. The Balaban J connectivity index is 1.59. The lowest BCUT2D eigenvalue weighted by Crippen LogP contribution is -2.59. The van der Waals surface area contributed by atoms with Crippen molar-refractivity contribution >= 4 is 23.7 Å². The minimum Gasteiger partial charge on any atom is -0.455 e. The topological polar surface area (TPSA) is 125 Å². The van der Waals surface area contributed by atoms with Gasteiger partial charge in [0.2, 0.25) is 17.7 Å². The predicted molar refractivity (Wildman–Crippen MR) is 149 cm³/mol. The molecule has 2 saturated heterocycles. The van der Waals surface area contributed by atoms with Crippen LogP contribution in [0.1, 0.15) is 52.2 Å². The fourth-order valence-corrected chi connectivity index (χ4v) is 6.66. The Bertz CT molecular complexity index is 1250. The third-order valence-corrected chi connectivity index (χ3v) is 8.68. The van der Waals surface area contributed by atoms with Gasteiger partial charge in [-0.3, -0.25) is 19.2 Å². The van der Waals surface area contributed by atoms with Crippen LogP contribution in [0.25, 0.3) is 0 Å². The van der Waals surface area contributed by atoms with Crippen molar-refractivity contribution in [1.29, 1.82) is 0 Å². The van der Waals surface area contributed by atoms with Gasteiger partial charge in [0.05, 0.1) is 30.7 Å². The molecule has 1 aromatic rings.